The Balaban J connectivity index is 2.48. The lowest BCUT2D eigenvalue weighted by Gasteiger charge is -2.49. The van der Waals surface area contributed by atoms with Gasteiger partial charge < -0.3 is 4.74 Å². The molecular weight excluding hydrogens is 248 g/mol. The molecule has 4 atom stereocenters. The van der Waals surface area contributed by atoms with Gasteiger partial charge in [-0.1, -0.05) is 31.1 Å². The topological polar surface area (TPSA) is 26.3 Å². The zero-order valence-electron chi connectivity index (χ0n) is 13.7. The molecule has 20 heavy (non-hydrogen) atoms. The Labute approximate surface area is 123 Å². The molecule has 0 spiro atoms. The third-order valence-electron chi connectivity index (χ3n) is 5.78. The summed E-state index contributed by atoms with van der Waals surface area (Å²) in [5, 5.41) is 0. The molecule has 0 heterocycles. The Morgan fingerprint density at radius 2 is 2.00 bits per heavy atom. The molecule has 2 aliphatic rings. The van der Waals surface area contributed by atoms with Crippen LogP contribution in [0.4, 0.5) is 0 Å². The number of ketones is 1. The van der Waals surface area contributed by atoms with Gasteiger partial charge in [0.1, 0.15) is 6.10 Å². The molecule has 0 bridgehead atoms. The van der Waals surface area contributed by atoms with Gasteiger partial charge in [0.2, 0.25) is 0 Å². The lowest BCUT2D eigenvalue weighted by atomic mass is 9.56. The normalized spacial score (nSPS) is 37.2. The fourth-order valence-corrected chi connectivity index (χ4v) is 3.91. The minimum absolute atomic E-state index is 0.0196. The summed E-state index contributed by atoms with van der Waals surface area (Å²) < 4.78 is 5.59. The molecule has 0 amide bonds. The molecule has 0 aromatic carbocycles. The molecule has 0 saturated heterocycles. The van der Waals surface area contributed by atoms with Crippen molar-refractivity contribution in [2.24, 2.45) is 17.3 Å². The van der Waals surface area contributed by atoms with Crippen molar-refractivity contribution in [2.45, 2.75) is 60.0 Å². The van der Waals surface area contributed by atoms with Crippen LogP contribution in [0.3, 0.4) is 0 Å². The molecule has 2 heteroatoms. The van der Waals surface area contributed by atoms with Crippen LogP contribution >= 0.6 is 0 Å². The molecule has 2 aliphatic carbocycles. The van der Waals surface area contributed by atoms with Gasteiger partial charge in [0.05, 0.1) is 0 Å². The largest absolute Gasteiger partial charge is 0.373 e. The fraction of sp³-hybridized carbons (Fsp3) is 0.722. The van der Waals surface area contributed by atoms with Gasteiger partial charge in [-0.25, -0.2) is 0 Å². The maximum atomic E-state index is 12.9. The van der Waals surface area contributed by atoms with Crippen LogP contribution in [0.1, 0.15) is 53.9 Å². The highest BCUT2D eigenvalue weighted by Gasteiger charge is 2.50. The SMILES string of the molecule is COC1C(=O)C2=CCCC(C)C2(C)CC1C(C)=C(C)C. The van der Waals surface area contributed by atoms with Crippen molar-refractivity contribution < 1.29 is 9.53 Å². The number of hydrogen-bond acceptors (Lipinski definition) is 2. The van der Waals surface area contributed by atoms with Crippen LogP contribution in [0, 0.1) is 17.3 Å². The van der Waals surface area contributed by atoms with Crippen molar-refractivity contribution in [3.05, 3.63) is 22.8 Å². The summed E-state index contributed by atoms with van der Waals surface area (Å²) in [6.45, 7) is 11.0. The molecule has 0 aliphatic heterocycles. The molecule has 0 radical (unpaired) electrons. The molecule has 0 aromatic heterocycles. The van der Waals surface area contributed by atoms with Crippen molar-refractivity contribution >= 4 is 5.78 Å². The monoisotopic (exact) mass is 276 g/mol. The van der Waals surface area contributed by atoms with Gasteiger partial charge in [-0.3, -0.25) is 4.79 Å². The number of allylic oxidation sites excluding steroid dienone is 2. The highest BCUT2D eigenvalue weighted by molar-refractivity contribution is 6.01. The Morgan fingerprint density at radius 3 is 2.55 bits per heavy atom. The van der Waals surface area contributed by atoms with Crippen LogP contribution in [0.5, 0.6) is 0 Å². The summed E-state index contributed by atoms with van der Waals surface area (Å²) in [5.74, 6) is 1.01. The van der Waals surface area contributed by atoms with Gasteiger partial charge in [-0.15, -0.1) is 0 Å². The third kappa shape index (κ3) is 2.28. The van der Waals surface area contributed by atoms with Crippen molar-refractivity contribution in [3.8, 4) is 0 Å². The summed E-state index contributed by atoms with van der Waals surface area (Å²) in [6, 6.07) is 0. The van der Waals surface area contributed by atoms with E-state index in [1.165, 1.54) is 17.6 Å². The van der Waals surface area contributed by atoms with Crippen LogP contribution < -0.4 is 0 Å². The molecule has 112 valence electrons. The number of methoxy groups -OCH3 is 1. The second-order valence-corrected chi connectivity index (χ2v) is 7.03. The first-order valence-electron chi connectivity index (χ1n) is 7.74. The Morgan fingerprint density at radius 1 is 1.35 bits per heavy atom. The first-order chi connectivity index (χ1) is 9.32. The van der Waals surface area contributed by atoms with Crippen LogP contribution in [-0.2, 0) is 9.53 Å². The molecule has 0 N–H and O–H groups in total. The highest BCUT2D eigenvalue weighted by Crippen LogP contribution is 2.52. The number of fused-ring (bicyclic) bond motifs is 1. The van der Waals surface area contributed by atoms with Gasteiger partial charge in [0.15, 0.2) is 5.78 Å². The number of carbonyl (C=O) groups is 1. The van der Waals surface area contributed by atoms with Crippen molar-refractivity contribution in [2.75, 3.05) is 7.11 Å². The number of carbonyl (C=O) groups excluding carboxylic acids is 1. The van der Waals surface area contributed by atoms with Crippen LogP contribution in [0.25, 0.3) is 0 Å². The van der Waals surface area contributed by atoms with Crippen LogP contribution in [0.2, 0.25) is 0 Å². The van der Waals surface area contributed by atoms with E-state index >= 15 is 0 Å². The van der Waals surface area contributed by atoms with Gasteiger partial charge in [0.25, 0.3) is 0 Å². The second kappa shape index (κ2) is 5.48. The van der Waals surface area contributed by atoms with E-state index in [0.29, 0.717) is 5.92 Å². The average Bonchev–Trinajstić information content (AvgIpc) is 2.39. The van der Waals surface area contributed by atoms with Gasteiger partial charge >= 0.3 is 0 Å². The first-order valence-corrected chi connectivity index (χ1v) is 7.74. The molecule has 2 nitrogen and oxygen atoms in total. The standard InChI is InChI=1S/C18H28O2/c1-11(2)13(4)14-10-18(5)12(3)8-7-9-15(18)16(19)17(14)20-6/h9,12,14,17H,7-8,10H2,1-6H3. The van der Waals surface area contributed by atoms with E-state index < -0.39 is 0 Å². The number of ether oxygens (including phenoxy) is 1. The Kier molecular flexibility index (Phi) is 4.24. The van der Waals surface area contributed by atoms with E-state index in [1.807, 2.05) is 0 Å². The number of hydrogen-bond donors (Lipinski definition) is 0. The lowest BCUT2D eigenvalue weighted by molar-refractivity contribution is -0.133. The van der Waals surface area contributed by atoms with Gasteiger partial charge in [0, 0.05) is 18.6 Å². The summed E-state index contributed by atoms with van der Waals surface area (Å²) >= 11 is 0. The van der Waals surface area contributed by atoms with E-state index in [1.54, 1.807) is 7.11 Å². The van der Waals surface area contributed by atoms with E-state index in [0.717, 1.165) is 18.4 Å². The third-order valence-corrected chi connectivity index (χ3v) is 5.78. The molecule has 1 saturated carbocycles. The van der Waals surface area contributed by atoms with Gasteiger partial charge in [-0.2, -0.15) is 0 Å². The maximum Gasteiger partial charge on any atom is 0.188 e. The Hall–Kier alpha value is -0.890. The summed E-state index contributed by atoms with van der Waals surface area (Å²) in [5.41, 5.74) is 3.68. The van der Waals surface area contributed by atoms with E-state index in [2.05, 4.69) is 40.7 Å². The predicted molar refractivity (Wildman–Crippen MR) is 82.5 cm³/mol. The zero-order valence-corrected chi connectivity index (χ0v) is 13.7. The van der Waals surface area contributed by atoms with E-state index in [-0.39, 0.29) is 23.2 Å². The summed E-state index contributed by atoms with van der Waals surface area (Å²) in [7, 11) is 1.67. The predicted octanol–water partition coefficient (Wildman–Crippen LogP) is 4.31. The van der Waals surface area contributed by atoms with Crippen molar-refractivity contribution in [1.29, 1.82) is 0 Å². The van der Waals surface area contributed by atoms with E-state index in [4.69, 9.17) is 4.74 Å². The summed E-state index contributed by atoms with van der Waals surface area (Å²) in [4.78, 5) is 12.9. The molecular formula is C18H28O2. The zero-order chi connectivity index (χ0) is 15.1. The second-order valence-electron chi connectivity index (χ2n) is 7.03. The smallest absolute Gasteiger partial charge is 0.188 e. The first kappa shape index (κ1) is 15.5. The molecule has 2 rings (SSSR count). The van der Waals surface area contributed by atoms with E-state index in [9.17, 15) is 4.79 Å². The quantitative estimate of drug-likeness (QED) is 0.702. The number of Topliss-reactive ketones (excluding diaryl/α,β-unsaturated/α-hetero) is 1. The average molecular weight is 276 g/mol. The van der Waals surface area contributed by atoms with Gasteiger partial charge in [-0.05, 0) is 51.4 Å². The van der Waals surface area contributed by atoms with Crippen LogP contribution in [-0.4, -0.2) is 19.0 Å². The minimum Gasteiger partial charge on any atom is -0.373 e. The molecule has 4 unspecified atom stereocenters. The Bertz CT molecular complexity index is 468. The molecule has 0 aromatic rings. The van der Waals surface area contributed by atoms with Crippen LogP contribution in [0.15, 0.2) is 22.8 Å². The number of rotatable bonds is 2. The minimum atomic E-state index is -0.297. The summed E-state index contributed by atoms with van der Waals surface area (Å²) in [6.07, 6.45) is 5.12. The molecule has 1 fully saturated rings. The van der Waals surface area contributed by atoms with Crippen molar-refractivity contribution in [1.82, 2.24) is 0 Å². The maximum absolute atomic E-state index is 12.9. The van der Waals surface area contributed by atoms with Crippen molar-refractivity contribution in [3.63, 3.8) is 0 Å². The lowest BCUT2D eigenvalue weighted by Crippen LogP contribution is -2.49. The fourth-order valence-electron chi connectivity index (χ4n) is 3.91. The highest BCUT2D eigenvalue weighted by atomic mass is 16.5.